The minimum absolute atomic E-state index is 0.0351. The van der Waals surface area contributed by atoms with Crippen LogP contribution in [0, 0.1) is 0 Å². The number of ether oxygens (including phenoxy) is 3. The van der Waals surface area contributed by atoms with E-state index in [0.29, 0.717) is 5.75 Å². The molecule has 3 aromatic rings. The molecule has 7 heteroatoms. The van der Waals surface area contributed by atoms with Crippen LogP contribution >= 0.6 is 0 Å². The first-order valence-electron chi connectivity index (χ1n) is 15.8. The van der Waals surface area contributed by atoms with E-state index in [1.54, 1.807) is 7.11 Å². The molecular weight excluding hydrogens is 548 g/mol. The average molecular weight is 598 g/mol. The number of carbonyl (C=O) groups excluding carboxylic acids is 1. The van der Waals surface area contributed by atoms with Gasteiger partial charge in [0.25, 0.3) is 0 Å². The fourth-order valence-corrected chi connectivity index (χ4v) is 5.25. The number of aryl methyl sites for hydroxylation is 2. The normalized spacial score (nSPS) is 11.6. The van der Waals surface area contributed by atoms with E-state index < -0.39 is 11.9 Å². The van der Waals surface area contributed by atoms with Crippen molar-refractivity contribution >= 4 is 16.9 Å². The Labute approximate surface area is 256 Å². The third kappa shape index (κ3) is 10.4. The van der Waals surface area contributed by atoms with Crippen LogP contribution in [0.5, 0.6) is 11.5 Å². The Kier molecular flexibility index (Phi) is 13.6. The average Bonchev–Trinajstić information content (AvgIpc) is 3.35. The summed E-state index contributed by atoms with van der Waals surface area (Å²) in [5.41, 5.74) is 4.78. The third-order valence-electron chi connectivity index (χ3n) is 7.70. The lowest BCUT2D eigenvalue weighted by molar-refractivity contribution is -0.139. The number of benzene rings is 2. The Balaban J connectivity index is 1.69. The van der Waals surface area contributed by atoms with E-state index in [9.17, 15) is 13.6 Å². The Bertz CT molecular complexity index is 1330. The lowest BCUT2D eigenvalue weighted by Crippen LogP contribution is -2.18. The zero-order chi connectivity index (χ0) is 31.2. The quantitative estimate of drug-likeness (QED) is 0.0739. The summed E-state index contributed by atoms with van der Waals surface area (Å²) in [7, 11) is 1.73. The fraction of sp³-hybridized carbons (Fsp3) is 0.528. The van der Waals surface area contributed by atoms with E-state index in [1.165, 1.54) is 31.7 Å². The number of carbonyl (C=O) groups is 1. The topological polar surface area (TPSA) is 49.7 Å². The summed E-state index contributed by atoms with van der Waals surface area (Å²) in [6, 6.07) is 14.7. The maximum atomic E-state index is 14.3. The van der Waals surface area contributed by atoms with Crippen LogP contribution in [0.1, 0.15) is 90.5 Å². The number of methoxy groups -OCH3 is 1. The smallest absolute Gasteiger partial charge is 0.333 e. The van der Waals surface area contributed by atoms with E-state index in [0.717, 1.165) is 60.1 Å². The van der Waals surface area contributed by atoms with Crippen LogP contribution < -0.4 is 9.47 Å². The molecule has 0 aliphatic heterocycles. The molecule has 0 N–H and O–H groups in total. The van der Waals surface area contributed by atoms with Crippen LogP contribution in [0.4, 0.5) is 8.78 Å². The van der Waals surface area contributed by atoms with Crippen molar-refractivity contribution in [3.63, 3.8) is 0 Å². The van der Waals surface area contributed by atoms with Crippen molar-refractivity contribution in [3.05, 3.63) is 60.2 Å². The Morgan fingerprint density at radius 1 is 0.907 bits per heavy atom. The van der Waals surface area contributed by atoms with Gasteiger partial charge in [-0.25, -0.2) is 13.6 Å². The number of alkyl halides is 2. The number of aromatic nitrogens is 1. The van der Waals surface area contributed by atoms with Gasteiger partial charge in [0.1, 0.15) is 11.5 Å². The maximum absolute atomic E-state index is 14.3. The van der Waals surface area contributed by atoms with Crippen LogP contribution in [-0.2, 0) is 22.5 Å². The summed E-state index contributed by atoms with van der Waals surface area (Å²) in [4.78, 5) is 11.4. The Morgan fingerprint density at radius 3 is 2.33 bits per heavy atom. The highest BCUT2D eigenvalue weighted by Crippen LogP contribution is 2.37. The first-order valence-corrected chi connectivity index (χ1v) is 15.8. The van der Waals surface area contributed by atoms with Gasteiger partial charge in [-0.05, 0) is 74.9 Å². The zero-order valence-electron chi connectivity index (χ0n) is 26.5. The van der Waals surface area contributed by atoms with Gasteiger partial charge in [0.05, 0.1) is 31.5 Å². The fourth-order valence-electron chi connectivity index (χ4n) is 5.25. The second kappa shape index (κ2) is 17.1. The minimum atomic E-state index is -2.84. The predicted molar refractivity (Wildman–Crippen MR) is 171 cm³/mol. The van der Waals surface area contributed by atoms with Crippen molar-refractivity contribution in [2.45, 2.75) is 104 Å². The van der Waals surface area contributed by atoms with Crippen molar-refractivity contribution in [3.8, 4) is 22.8 Å². The zero-order valence-corrected chi connectivity index (χ0v) is 26.5. The van der Waals surface area contributed by atoms with Gasteiger partial charge in [0, 0.05) is 42.0 Å². The molecule has 0 amide bonds. The summed E-state index contributed by atoms with van der Waals surface area (Å²) in [5, 5.41) is 1.10. The number of hydrogen-bond donors (Lipinski definition) is 0. The predicted octanol–water partition coefficient (Wildman–Crippen LogP) is 9.93. The summed E-state index contributed by atoms with van der Waals surface area (Å²) in [5.74, 6) is -1.84. The Morgan fingerprint density at radius 2 is 1.63 bits per heavy atom. The number of fused-ring (bicyclic) bond motifs is 1. The highest BCUT2D eigenvalue weighted by molar-refractivity contribution is 5.89. The van der Waals surface area contributed by atoms with Gasteiger partial charge in [-0.2, -0.15) is 0 Å². The van der Waals surface area contributed by atoms with Gasteiger partial charge < -0.3 is 18.8 Å². The summed E-state index contributed by atoms with van der Waals surface area (Å²) in [6.45, 7) is 10.5. The monoisotopic (exact) mass is 597 g/mol. The number of halogens is 2. The molecule has 3 rings (SSSR count). The molecular formula is C36H49F2NO4. The first kappa shape index (κ1) is 34.1. The molecule has 1 aromatic heterocycles. The number of unbranched alkanes of at least 4 members (excludes halogenated alkanes) is 4. The molecule has 1 heterocycles. The van der Waals surface area contributed by atoms with Gasteiger partial charge >= 0.3 is 5.97 Å². The molecule has 2 aromatic carbocycles. The summed E-state index contributed by atoms with van der Waals surface area (Å²) >= 11 is 0. The van der Waals surface area contributed by atoms with Gasteiger partial charge in [-0.1, -0.05) is 52.2 Å². The molecule has 0 unspecified atom stereocenters. The van der Waals surface area contributed by atoms with Crippen LogP contribution in [-0.4, -0.2) is 36.8 Å². The van der Waals surface area contributed by atoms with Crippen LogP contribution in [0.2, 0.25) is 0 Å². The Hall–Kier alpha value is -3.35. The van der Waals surface area contributed by atoms with Gasteiger partial charge in [-0.3, -0.25) is 0 Å². The molecule has 0 spiro atoms. The van der Waals surface area contributed by atoms with Crippen molar-refractivity contribution < 1.29 is 27.8 Å². The molecule has 0 saturated heterocycles. The van der Waals surface area contributed by atoms with Crippen LogP contribution in [0.25, 0.3) is 22.2 Å². The highest BCUT2D eigenvalue weighted by atomic mass is 19.3. The third-order valence-corrected chi connectivity index (χ3v) is 7.70. The van der Waals surface area contributed by atoms with E-state index in [2.05, 4.69) is 49.3 Å². The lowest BCUT2D eigenvalue weighted by atomic mass is 10.0. The molecule has 0 radical (unpaired) electrons. The number of hydrogen-bond acceptors (Lipinski definition) is 4. The van der Waals surface area contributed by atoms with Gasteiger partial charge in [-0.15, -0.1) is 0 Å². The van der Waals surface area contributed by atoms with Crippen LogP contribution in [0.15, 0.2) is 54.6 Å². The van der Waals surface area contributed by atoms with Crippen molar-refractivity contribution in [2.24, 2.45) is 0 Å². The second-order valence-electron chi connectivity index (χ2n) is 11.4. The molecule has 0 atom stereocenters. The molecule has 0 aliphatic carbocycles. The van der Waals surface area contributed by atoms with Crippen molar-refractivity contribution in [1.29, 1.82) is 0 Å². The molecule has 43 heavy (non-hydrogen) atoms. The van der Waals surface area contributed by atoms with E-state index >= 15 is 0 Å². The molecule has 236 valence electrons. The number of rotatable bonds is 20. The van der Waals surface area contributed by atoms with Crippen molar-refractivity contribution in [1.82, 2.24) is 4.57 Å². The number of esters is 1. The summed E-state index contributed by atoms with van der Waals surface area (Å²) < 4.78 is 47.7. The standard InChI is InChI=1S/C36H49F2NO4/c1-6-8-10-14-28-15-18-31(34(24-28)41-5)33-25-29-16-17-30(26-32(29)39(33)21-11-9-7-2)42-22-12-19-36(37,38)20-13-23-43-35(40)27(3)4/h15-18,24-26H,3,6-14,19-23H2,1-2,4-5H3. The molecule has 0 fully saturated rings. The second-order valence-corrected chi connectivity index (χ2v) is 11.4. The lowest BCUT2D eigenvalue weighted by Gasteiger charge is -2.17. The SMILES string of the molecule is C=C(C)C(=O)OCCCC(F)(F)CCCOc1ccc2cc(-c3ccc(CCCCC)cc3OC)n(CCCCC)c2c1. The van der Waals surface area contributed by atoms with Gasteiger partial charge in [0.2, 0.25) is 5.92 Å². The maximum Gasteiger partial charge on any atom is 0.333 e. The highest BCUT2D eigenvalue weighted by Gasteiger charge is 2.27. The van der Waals surface area contributed by atoms with Crippen molar-refractivity contribution in [2.75, 3.05) is 20.3 Å². The molecule has 0 bridgehead atoms. The molecule has 5 nitrogen and oxygen atoms in total. The van der Waals surface area contributed by atoms with Crippen LogP contribution in [0.3, 0.4) is 0 Å². The number of nitrogens with zero attached hydrogens (tertiary/aromatic N) is 1. The minimum Gasteiger partial charge on any atom is -0.496 e. The largest absolute Gasteiger partial charge is 0.496 e. The van der Waals surface area contributed by atoms with E-state index in [-0.39, 0.29) is 44.5 Å². The molecule has 0 aliphatic rings. The van der Waals surface area contributed by atoms with E-state index in [1.807, 2.05) is 18.2 Å². The first-order chi connectivity index (χ1) is 20.7. The summed E-state index contributed by atoms with van der Waals surface area (Å²) in [6.07, 6.45) is 7.65. The van der Waals surface area contributed by atoms with Gasteiger partial charge in [0.15, 0.2) is 0 Å². The molecule has 0 saturated carbocycles. The van der Waals surface area contributed by atoms with E-state index in [4.69, 9.17) is 14.2 Å².